The highest BCUT2D eigenvalue weighted by Gasteiger charge is 2.04. The molecule has 1 N–H and O–H groups in total. The van der Waals surface area contributed by atoms with Crippen molar-refractivity contribution in [1.82, 2.24) is 5.32 Å². The fourth-order valence-corrected chi connectivity index (χ4v) is 2.41. The second-order valence-electron chi connectivity index (χ2n) is 4.72. The minimum absolute atomic E-state index is 0.700. The number of nitrogens with one attached hydrogen (secondary N) is 1. The van der Waals surface area contributed by atoms with E-state index < -0.39 is 0 Å². The van der Waals surface area contributed by atoms with E-state index in [1.54, 1.807) is 0 Å². The van der Waals surface area contributed by atoms with Gasteiger partial charge in [0.15, 0.2) is 0 Å². The number of hydrogen-bond acceptors (Lipinski definition) is 2. The maximum Gasteiger partial charge on any atom is 0.00388 e. The van der Waals surface area contributed by atoms with Crippen molar-refractivity contribution in [2.45, 2.75) is 58.9 Å². The Kier molecular flexibility index (Phi) is 11.0. The van der Waals surface area contributed by atoms with Crippen molar-refractivity contribution in [3.05, 3.63) is 0 Å². The Hall–Kier alpha value is 0.310. The van der Waals surface area contributed by atoms with E-state index in [0.29, 0.717) is 6.04 Å². The van der Waals surface area contributed by atoms with Crippen molar-refractivity contribution in [2.24, 2.45) is 5.92 Å². The molecule has 2 heteroatoms. The van der Waals surface area contributed by atoms with E-state index in [1.807, 2.05) is 11.8 Å². The Balaban J connectivity index is 3.28. The van der Waals surface area contributed by atoms with Crippen LogP contribution in [0.5, 0.6) is 0 Å². The maximum atomic E-state index is 3.63. The van der Waals surface area contributed by atoms with Gasteiger partial charge in [0.2, 0.25) is 0 Å². The third-order valence-electron chi connectivity index (χ3n) is 2.76. The number of hydrogen-bond donors (Lipinski definition) is 1. The Labute approximate surface area is 101 Å². The molecule has 0 aliphatic carbocycles. The minimum Gasteiger partial charge on any atom is -0.314 e. The highest BCUT2D eigenvalue weighted by Crippen LogP contribution is 2.07. The van der Waals surface area contributed by atoms with Crippen molar-refractivity contribution < 1.29 is 0 Å². The van der Waals surface area contributed by atoms with Gasteiger partial charge < -0.3 is 5.32 Å². The van der Waals surface area contributed by atoms with Crippen LogP contribution in [0.15, 0.2) is 0 Å². The first-order valence-electron chi connectivity index (χ1n) is 6.43. The zero-order valence-electron chi connectivity index (χ0n) is 11.0. The Morgan fingerprint density at radius 1 is 1.13 bits per heavy atom. The van der Waals surface area contributed by atoms with Crippen LogP contribution in [0.1, 0.15) is 52.9 Å². The molecule has 0 aromatic carbocycles. The molecule has 2 unspecified atom stereocenters. The summed E-state index contributed by atoms with van der Waals surface area (Å²) >= 11 is 1.95. The molecule has 0 aliphatic heterocycles. The van der Waals surface area contributed by atoms with Crippen molar-refractivity contribution in [3.8, 4) is 0 Å². The molecule has 0 aliphatic rings. The molecule has 92 valence electrons. The van der Waals surface area contributed by atoms with Gasteiger partial charge in [-0.3, -0.25) is 0 Å². The van der Waals surface area contributed by atoms with Gasteiger partial charge in [-0.25, -0.2) is 0 Å². The second-order valence-corrected chi connectivity index (χ2v) is 5.63. The first kappa shape index (κ1) is 15.3. The third-order valence-corrected chi connectivity index (χ3v) is 3.66. The standard InChI is InChI=1S/C13H29NS/c1-5-6-7-8-9-13(3)14-10-12(2)11-15-4/h12-14H,5-11H2,1-4H3. The molecule has 0 aromatic rings. The van der Waals surface area contributed by atoms with Crippen molar-refractivity contribution >= 4 is 11.8 Å². The maximum absolute atomic E-state index is 3.63. The molecule has 0 bridgehead atoms. The van der Waals surface area contributed by atoms with Gasteiger partial charge in [0, 0.05) is 6.04 Å². The molecular formula is C13H29NS. The summed E-state index contributed by atoms with van der Waals surface area (Å²) in [5.41, 5.74) is 0. The molecule has 15 heavy (non-hydrogen) atoms. The highest BCUT2D eigenvalue weighted by molar-refractivity contribution is 7.98. The van der Waals surface area contributed by atoms with Crippen LogP contribution in [0.4, 0.5) is 0 Å². The normalized spacial score (nSPS) is 15.2. The third kappa shape index (κ3) is 10.6. The number of unbranched alkanes of at least 4 members (excludes halogenated alkanes) is 3. The topological polar surface area (TPSA) is 12.0 Å². The van der Waals surface area contributed by atoms with Gasteiger partial charge in [-0.2, -0.15) is 11.8 Å². The SMILES string of the molecule is CCCCCCC(C)NCC(C)CSC. The Bertz CT molecular complexity index is 128. The fraction of sp³-hybridized carbons (Fsp3) is 1.00. The molecule has 0 fully saturated rings. The lowest BCUT2D eigenvalue weighted by molar-refractivity contribution is 0.449. The summed E-state index contributed by atoms with van der Waals surface area (Å²) in [6.45, 7) is 8.09. The molecule has 0 radical (unpaired) electrons. The van der Waals surface area contributed by atoms with Crippen molar-refractivity contribution in [2.75, 3.05) is 18.6 Å². The van der Waals surface area contributed by atoms with Gasteiger partial charge in [-0.05, 0) is 37.8 Å². The number of rotatable bonds is 10. The molecule has 0 spiro atoms. The van der Waals surface area contributed by atoms with E-state index in [4.69, 9.17) is 0 Å². The first-order chi connectivity index (χ1) is 7.20. The summed E-state index contributed by atoms with van der Waals surface area (Å²) in [6.07, 6.45) is 9.06. The van der Waals surface area contributed by atoms with Crippen LogP contribution in [-0.2, 0) is 0 Å². The molecular weight excluding hydrogens is 202 g/mol. The summed E-state index contributed by atoms with van der Waals surface area (Å²) in [4.78, 5) is 0. The van der Waals surface area contributed by atoms with Crippen LogP contribution >= 0.6 is 11.8 Å². The summed E-state index contributed by atoms with van der Waals surface area (Å²) in [5.74, 6) is 2.08. The van der Waals surface area contributed by atoms with E-state index >= 15 is 0 Å². The van der Waals surface area contributed by atoms with Gasteiger partial charge in [0.05, 0.1) is 0 Å². The van der Waals surface area contributed by atoms with E-state index in [9.17, 15) is 0 Å². The van der Waals surface area contributed by atoms with Gasteiger partial charge in [0.25, 0.3) is 0 Å². The monoisotopic (exact) mass is 231 g/mol. The fourth-order valence-electron chi connectivity index (χ4n) is 1.73. The highest BCUT2D eigenvalue weighted by atomic mass is 32.2. The van der Waals surface area contributed by atoms with Crippen LogP contribution in [0.3, 0.4) is 0 Å². The lowest BCUT2D eigenvalue weighted by Crippen LogP contribution is -2.31. The van der Waals surface area contributed by atoms with E-state index in [2.05, 4.69) is 32.3 Å². The van der Waals surface area contributed by atoms with Crippen LogP contribution < -0.4 is 5.32 Å². The van der Waals surface area contributed by atoms with Gasteiger partial charge in [0.1, 0.15) is 0 Å². The molecule has 0 saturated heterocycles. The molecule has 0 saturated carbocycles. The minimum atomic E-state index is 0.700. The number of thioether (sulfide) groups is 1. The summed E-state index contributed by atoms with van der Waals surface area (Å²) in [7, 11) is 0. The largest absolute Gasteiger partial charge is 0.314 e. The van der Waals surface area contributed by atoms with Gasteiger partial charge in [-0.1, -0.05) is 39.5 Å². The molecule has 2 atom stereocenters. The predicted molar refractivity (Wildman–Crippen MR) is 73.8 cm³/mol. The predicted octanol–water partition coefficient (Wildman–Crippen LogP) is 3.93. The van der Waals surface area contributed by atoms with Crippen LogP contribution in [-0.4, -0.2) is 24.6 Å². The van der Waals surface area contributed by atoms with Gasteiger partial charge >= 0.3 is 0 Å². The zero-order valence-corrected chi connectivity index (χ0v) is 11.8. The first-order valence-corrected chi connectivity index (χ1v) is 7.82. The average Bonchev–Trinajstić information content (AvgIpc) is 2.22. The molecule has 1 nitrogen and oxygen atoms in total. The smallest absolute Gasteiger partial charge is 0.00388 e. The molecule has 0 heterocycles. The lowest BCUT2D eigenvalue weighted by Gasteiger charge is -2.17. The van der Waals surface area contributed by atoms with E-state index in [0.717, 1.165) is 5.92 Å². The van der Waals surface area contributed by atoms with Crippen molar-refractivity contribution in [3.63, 3.8) is 0 Å². The van der Waals surface area contributed by atoms with Gasteiger partial charge in [-0.15, -0.1) is 0 Å². The Morgan fingerprint density at radius 3 is 2.47 bits per heavy atom. The summed E-state index contributed by atoms with van der Waals surface area (Å²) in [6, 6.07) is 0.700. The van der Waals surface area contributed by atoms with Crippen LogP contribution in [0, 0.1) is 5.92 Å². The van der Waals surface area contributed by atoms with Crippen LogP contribution in [0.2, 0.25) is 0 Å². The summed E-state index contributed by atoms with van der Waals surface area (Å²) in [5, 5.41) is 3.63. The lowest BCUT2D eigenvalue weighted by atomic mass is 10.1. The summed E-state index contributed by atoms with van der Waals surface area (Å²) < 4.78 is 0. The average molecular weight is 231 g/mol. The van der Waals surface area contributed by atoms with Crippen LogP contribution in [0.25, 0.3) is 0 Å². The quantitative estimate of drug-likeness (QED) is 0.572. The molecule has 0 aromatic heterocycles. The van der Waals surface area contributed by atoms with E-state index in [-0.39, 0.29) is 0 Å². The second kappa shape index (κ2) is 10.8. The van der Waals surface area contributed by atoms with E-state index in [1.165, 1.54) is 44.4 Å². The Morgan fingerprint density at radius 2 is 1.87 bits per heavy atom. The molecule has 0 rings (SSSR count). The zero-order chi connectivity index (χ0) is 11.5. The van der Waals surface area contributed by atoms with Crippen molar-refractivity contribution in [1.29, 1.82) is 0 Å². The molecule has 0 amide bonds.